The van der Waals surface area contributed by atoms with Crippen LogP contribution in [0.4, 0.5) is 0 Å². The number of aliphatic imine (C=N–C) groups is 1. The molecule has 6 atom stereocenters. The molecule has 0 aromatic carbocycles. The minimum Gasteiger partial charge on any atom is -0.330 e. The predicted octanol–water partition coefficient (Wildman–Crippen LogP) is 3.89. The summed E-state index contributed by atoms with van der Waals surface area (Å²) in [5, 5.41) is 0. The van der Waals surface area contributed by atoms with Crippen molar-refractivity contribution in [3.8, 4) is 0 Å². The first-order valence-corrected chi connectivity index (χ1v) is 9.43. The SMILES string of the molecule is CC1CC2CC(C2)CC(C)C1=NC1C2CCC(C2)C1CN. The van der Waals surface area contributed by atoms with E-state index in [2.05, 4.69) is 13.8 Å². The Balaban J connectivity index is 1.57. The fourth-order valence-corrected chi connectivity index (χ4v) is 6.33. The number of hydrogen-bond donors (Lipinski definition) is 1. The average Bonchev–Trinajstić information content (AvgIpc) is 3.00. The van der Waals surface area contributed by atoms with Crippen LogP contribution in [0.1, 0.15) is 58.8 Å². The summed E-state index contributed by atoms with van der Waals surface area (Å²) < 4.78 is 0. The second-order valence-corrected chi connectivity index (χ2v) is 8.75. The van der Waals surface area contributed by atoms with Crippen molar-refractivity contribution in [3.05, 3.63) is 0 Å². The minimum absolute atomic E-state index is 0.574. The van der Waals surface area contributed by atoms with Crippen LogP contribution in [0.25, 0.3) is 0 Å². The number of hydrogen-bond acceptors (Lipinski definition) is 2. The first-order chi connectivity index (χ1) is 10.2. The maximum Gasteiger partial charge on any atom is 0.0570 e. The molecule has 5 aliphatic rings. The van der Waals surface area contributed by atoms with Gasteiger partial charge in [0.25, 0.3) is 0 Å². The fraction of sp³-hybridized carbons (Fsp3) is 0.947. The summed E-state index contributed by atoms with van der Waals surface area (Å²) in [5.41, 5.74) is 7.67. The molecule has 0 aromatic heterocycles. The molecule has 0 saturated heterocycles. The maximum atomic E-state index is 6.10. The Labute approximate surface area is 130 Å². The van der Waals surface area contributed by atoms with Crippen molar-refractivity contribution in [1.29, 1.82) is 0 Å². The van der Waals surface area contributed by atoms with Gasteiger partial charge in [0, 0.05) is 5.71 Å². The highest BCUT2D eigenvalue weighted by Crippen LogP contribution is 2.50. The van der Waals surface area contributed by atoms with Gasteiger partial charge in [-0.1, -0.05) is 13.8 Å². The van der Waals surface area contributed by atoms with Gasteiger partial charge in [0.1, 0.15) is 0 Å². The van der Waals surface area contributed by atoms with Crippen LogP contribution in [0.2, 0.25) is 0 Å². The smallest absolute Gasteiger partial charge is 0.0570 e. The van der Waals surface area contributed by atoms with Crippen molar-refractivity contribution < 1.29 is 0 Å². The lowest BCUT2D eigenvalue weighted by molar-refractivity contribution is 0.141. The summed E-state index contributed by atoms with van der Waals surface area (Å²) in [6, 6.07) is 0.574. The highest BCUT2D eigenvalue weighted by atomic mass is 14.9. The summed E-state index contributed by atoms with van der Waals surface area (Å²) in [7, 11) is 0. The predicted molar refractivity (Wildman–Crippen MR) is 88.4 cm³/mol. The van der Waals surface area contributed by atoms with Gasteiger partial charge in [-0.2, -0.15) is 0 Å². The summed E-state index contributed by atoms with van der Waals surface area (Å²) >= 11 is 0. The van der Waals surface area contributed by atoms with Crippen LogP contribution in [0.5, 0.6) is 0 Å². The lowest BCUT2D eigenvalue weighted by Crippen LogP contribution is -2.38. The van der Waals surface area contributed by atoms with Crippen molar-refractivity contribution in [2.45, 2.75) is 64.8 Å². The molecule has 2 N–H and O–H groups in total. The van der Waals surface area contributed by atoms with Crippen LogP contribution < -0.4 is 5.73 Å². The number of rotatable bonds is 2. The van der Waals surface area contributed by atoms with E-state index in [1.54, 1.807) is 5.71 Å². The third kappa shape index (κ3) is 2.38. The lowest BCUT2D eigenvalue weighted by atomic mass is 9.63. The zero-order chi connectivity index (χ0) is 14.6. The average molecular weight is 288 g/mol. The molecular weight excluding hydrogens is 256 g/mol. The van der Waals surface area contributed by atoms with Crippen LogP contribution in [-0.4, -0.2) is 18.3 Å². The molecule has 0 spiro atoms. The van der Waals surface area contributed by atoms with Crippen molar-refractivity contribution >= 4 is 5.71 Å². The molecule has 2 heteroatoms. The Hall–Kier alpha value is -0.370. The molecule has 2 nitrogen and oxygen atoms in total. The third-order valence-electron chi connectivity index (χ3n) is 7.33. The summed E-state index contributed by atoms with van der Waals surface area (Å²) in [6.07, 6.45) is 10.0. The van der Waals surface area contributed by atoms with E-state index in [1.807, 2.05) is 0 Å². The van der Waals surface area contributed by atoms with E-state index in [0.717, 1.165) is 30.2 Å². The largest absolute Gasteiger partial charge is 0.330 e. The minimum atomic E-state index is 0.574. The Morgan fingerprint density at radius 3 is 2.14 bits per heavy atom. The zero-order valence-corrected chi connectivity index (χ0v) is 13.8. The molecule has 5 saturated carbocycles. The van der Waals surface area contributed by atoms with Crippen molar-refractivity contribution in [1.82, 2.24) is 0 Å². The molecule has 0 amide bonds. The molecule has 5 aliphatic carbocycles. The normalized spacial score (nSPS) is 52.2. The van der Waals surface area contributed by atoms with Gasteiger partial charge in [0.15, 0.2) is 0 Å². The van der Waals surface area contributed by atoms with Gasteiger partial charge in [-0.25, -0.2) is 0 Å². The Morgan fingerprint density at radius 1 is 0.905 bits per heavy atom. The molecule has 0 radical (unpaired) electrons. The van der Waals surface area contributed by atoms with Gasteiger partial charge >= 0.3 is 0 Å². The van der Waals surface area contributed by atoms with E-state index in [0.29, 0.717) is 23.8 Å². The fourth-order valence-electron chi connectivity index (χ4n) is 6.33. The summed E-state index contributed by atoms with van der Waals surface area (Å²) in [5.74, 6) is 5.88. The molecule has 5 rings (SSSR count). The van der Waals surface area contributed by atoms with Gasteiger partial charge in [0.05, 0.1) is 6.04 Å². The molecular formula is C19H32N2. The molecule has 5 fully saturated rings. The van der Waals surface area contributed by atoms with E-state index < -0.39 is 0 Å². The number of nitrogens with zero attached hydrogens (tertiary/aromatic N) is 1. The van der Waals surface area contributed by atoms with Crippen molar-refractivity contribution in [2.75, 3.05) is 6.54 Å². The molecule has 6 unspecified atom stereocenters. The first-order valence-electron chi connectivity index (χ1n) is 9.43. The van der Waals surface area contributed by atoms with E-state index in [-0.39, 0.29) is 0 Å². The molecule has 4 bridgehead atoms. The second kappa shape index (κ2) is 5.37. The van der Waals surface area contributed by atoms with Crippen LogP contribution in [0.15, 0.2) is 4.99 Å². The first kappa shape index (κ1) is 14.2. The van der Waals surface area contributed by atoms with E-state index in [1.165, 1.54) is 44.9 Å². The van der Waals surface area contributed by atoms with Gasteiger partial charge in [-0.15, -0.1) is 0 Å². The van der Waals surface area contributed by atoms with Crippen molar-refractivity contribution in [2.24, 2.45) is 52.2 Å². The molecule has 0 aromatic rings. The Kier molecular flexibility index (Phi) is 3.64. The van der Waals surface area contributed by atoms with Crippen LogP contribution in [0, 0.1) is 41.4 Å². The van der Waals surface area contributed by atoms with Gasteiger partial charge in [0.2, 0.25) is 0 Å². The van der Waals surface area contributed by atoms with Gasteiger partial charge < -0.3 is 5.73 Å². The third-order valence-corrected chi connectivity index (χ3v) is 7.33. The zero-order valence-electron chi connectivity index (χ0n) is 13.8. The molecule has 21 heavy (non-hydrogen) atoms. The van der Waals surface area contributed by atoms with Gasteiger partial charge in [-0.3, -0.25) is 4.99 Å². The summed E-state index contributed by atoms with van der Waals surface area (Å²) in [4.78, 5) is 5.43. The van der Waals surface area contributed by atoms with Crippen LogP contribution in [0.3, 0.4) is 0 Å². The summed E-state index contributed by atoms with van der Waals surface area (Å²) in [6.45, 7) is 5.74. The molecule has 0 aliphatic heterocycles. The standard InChI is InChI=1S/C19H32N2/c1-11-5-13-7-14(8-13)6-12(2)18(11)21-19-16-4-3-15(9-16)17(19)10-20/h11-17,19H,3-10,20H2,1-2H3. The number of fused-ring (bicyclic) bond motifs is 6. The Morgan fingerprint density at radius 2 is 1.52 bits per heavy atom. The Bertz CT molecular complexity index is 405. The van der Waals surface area contributed by atoms with Crippen LogP contribution in [-0.2, 0) is 0 Å². The molecule has 118 valence electrons. The van der Waals surface area contributed by atoms with Gasteiger partial charge in [-0.05, 0) is 92.9 Å². The number of nitrogens with two attached hydrogens (primary N) is 1. The van der Waals surface area contributed by atoms with Crippen molar-refractivity contribution in [3.63, 3.8) is 0 Å². The van der Waals surface area contributed by atoms with Crippen LogP contribution >= 0.6 is 0 Å². The highest BCUT2D eigenvalue weighted by Gasteiger charge is 2.47. The van der Waals surface area contributed by atoms with E-state index >= 15 is 0 Å². The van der Waals surface area contributed by atoms with E-state index in [4.69, 9.17) is 10.7 Å². The second-order valence-electron chi connectivity index (χ2n) is 8.75. The highest BCUT2D eigenvalue weighted by molar-refractivity contribution is 5.89. The topological polar surface area (TPSA) is 38.4 Å². The molecule has 0 heterocycles. The quantitative estimate of drug-likeness (QED) is 0.822. The van der Waals surface area contributed by atoms with E-state index in [9.17, 15) is 0 Å². The monoisotopic (exact) mass is 288 g/mol. The maximum absolute atomic E-state index is 6.10. The lowest BCUT2D eigenvalue weighted by Gasteiger charge is -2.43.